The lowest BCUT2D eigenvalue weighted by Gasteiger charge is -2.17. The number of benzene rings is 2. The highest BCUT2D eigenvalue weighted by Crippen LogP contribution is 2.20. The van der Waals surface area contributed by atoms with Crippen molar-refractivity contribution in [2.45, 2.75) is 38.8 Å². The summed E-state index contributed by atoms with van der Waals surface area (Å²) < 4.78 is 5.33. The predicted molar refractivity (Wildman–Crippen MR) is 102 cm³/mol. The summed E-state index contributed by atoms with van der Waals surface area (Å²) in [6, 6.07) is 13.5. The lowest BCUT2D eigenvalue weighted by atomic mass is 10.0. The number of nitrogens with two attached hydrogens (primary N) is 1. The molecule has 0 fully saturated rings. The number of halogens is 1. The van der Waals surface area contributed by atoms with E-state index in [4.69, 9.17) is 22.1 Å². The minimum absolute atomic E-state index is 0.0192. The number of esters is 1. The SMILES string of the molecule is CC(C)c1ccc(COC(=O)C[C@@H](NC(N)=O)c2ccc(Cl)cc2)cc1. The van der Waals surface area contributed by atoms with Gasteiger partial charge in [-0.2, -0.15) is 0 Å². The maximum atomic E-state index is 12.2. The average molecular weight is 375 g/mol. The van der Waals surface area contributed by atoms with Gasteiger partial charge in [0, 0.05) is 5.02 Å². The number of primary amides is 1. The van der Waals surface area contributed by atoms with Crippen molar-refractivity contribution in [1.82, 2.24) is 5.32 Å². The van der Waals surface area contributed by atoms with Gasteiger partial charge in [0.25, 0.3) is 0 Å². The van der Waals surface area contributed by atoms with E-state index in [1.54, 1.807) is 24.3 Å². The number of rotatable bonds is 7. The molecule has 0 aliphatic carbocycles. The molecule has 0 aliphatic rings. The first kappa shape index (κ1) is 19.8. The van der Waals surface area contributed by atoms with Crippen molar-refractivity contribution in [2.75, 3.05) is 0 Å². The summed E-state index contributed by atoms with van der Waals surface area (Å²) in [5.41, 5.74) is 8.08. The van der Waals surface area contributed by atoms with Crippen LogP contribution in [0.5, 0.6) is 0 Å². The van der Waals surface area contributed by atoms with Crippen LogP contribution in [-0.2, 0) is 16.1 Å². The molecule has 0 saturated heterocycles. The standard InChI is InChI=1S/C20H23ClN2O3/c1-13(2)15-5-3-14(4-6-15)12-26-19(24)11-18(23-20(22)25)16-7-9-17(21)10-8-16/h3-10,13,18H,11-12H2,1-2H3,(H3,22,23,25)/t18-/m1/s1. The molecule has 3 N–H and O–H groups in total. The number of urea groups is 1. The number of amides is 2. The number of hydrogen-bond acceptors (Lipinski definition) is 3. The first-order valence-electron chi connectivity index (χ1n) is 8.41. The summed E-state index contributed by atoms with van der Waals surface area (Å²) >= 11 is 5.87. The molecule has 5 nitrogen and oxygen atoms in total. The minimum atomic E-state index is -0.706. The Morgan fingerprint density at radius 3 is 2.15 bits per heavy atom. The molecule has 6 heteroatoms. The highest BCUT2D eigenvalue weighted by molar-refractivity contribution is 6.30. The molecule has 2 aromatic rings. The van der Waals surface area contributed by atoms with Crippen LogP contribution in [0, 0.1) is 0 Å². The first-order chi connectivity index (χ1) is 12.3. The molecule has 0 aliphatic heterocycles. The van der Waals surface area contributed by atoms with Gasteiger partial charge in [0.05, 0.1) is 12.5 Å². The maximum Gasteiger partial charge on any atom is 0.312 e. The summed E-state index contributed by atoms with van der Waals surface area (Å²) in [5.74, 6) is 0.0262. The van der Waals surface area contributed by atoms with Gasteiger partial charge in [-0.05, 0) is 34.7 Å². The Morgan fingerprint density at radius 1 is 1.04 bits per heavy atom. The third-order valence-corrected chi connectivity index (χ3v) is 4.26. The van der Waals surface area contributed by atoms with E-state index in [1.165, 1.54) is 5.56 Å². The van der Waals surface area contributed by atoms with Crippen LogP contribution in [0.1, 0.15) is 48.9 Å². The number of hydrogen-bond donors (Lipinski definition) is 2. The van der Waals surface area contributed by atoms with Crippen molar-refractivity contribution in [3.8, 4) is 0 Å². The fourth-order valence-corrected chi connectivity index (χ4v) is 2.63. The molecule has 0 heterocycles. The fraction of sp³-hybridized carbons (Fsp3) is 0.300. The highest BCUT2D eigenvalue weighted by Gasteiger charge is 2.18. The normalized spacial score (nSPS) is 11.8. The first-order valence-corrected chi connectivity index (χ1v) is 8.79. The number of ether oxygens (including phenoxy) is 1. The predicted octanol–water partition coefficient (Wildman–Crippen LogP) is 4.31. The number of nitrogens with one attached hydrogen (secondary N) is 1. The Balaban J connectivity index is 1.96. The van der Waals surface area contributed by atoms with Gasteiger partial charge in [-0.3, -0.25) is 4.79 Å². The topological polar surface area (TPSA) is 81.4 Å². The summed E-state index contributed by atoms with van der Waals surface area (Å²) in [5, 5.41) is 3.13. The third kappa shape index (κ3) is 6.08. The molecular weight excluding hydrogens is 352 g/mol. The van der Waals surface area contributed by atoms with Crippen LogP contribution in [0.4, 0.5) is 4.79 Å². The molecular formula is C20H23ClN2O3. The molecule has 2 amide bonds. The van der Waals surface area contributed by atoms with Gasteiger partial charge in [0.2, 0.25) is 0 Å². The van der Waals surface area contributed by atoms with E-state index in [0.717, 1.165) is 11.1 Å². The van der Waals surface area contributed by atoms with Gasteiger partial charge in [-0.15, -0.1) is 0 Å². The van der Waals surface area contributed by atoms with Crippen molar-refractivity contribution < 1.29 is 14.3 Å². The van der Waals surface area contributed by atoms with E-state index >= 15 is 0 Å². The molecule has 26 heavy (non-hydrogen) atoms. The van der Waals surface area contributed by atoms with Crippen LogP contribution < -0.4 is 11.1 Å². The highest BCUT2D eigenvalue weighted by atomic mass is 35.5. The molecule has 0 spiro atoms. The van der Waals surface area contributed by atoms with Crippen molar-refractivity contribution in [3.05, 3.63) is 70.2 Å². The zero-order valence-corrected chi connectivity index (χ0v) is 15.6. The number of carbonyl (C=O) groups excluding carboxylic acids is 2. The Bertz CT molecular complexity index is 743. The lowest BCUT2D eigenvalue weighted by Crippen LogP contribution is -2.34. The molecule has 0 bridgehead atoms. The second-order valence-electron chi connectivity index (χ2n) is 6.37. The summed E-state index contributed by atoms with van der Waals surface area (Å²) in [6.07, 6.45) is -0.0192. The largest absolute Gasteiger partial charge is 0.461 e. The van der Waals surface area contributed by atoms with E-state index in [2.05, 4.69) is 19.2 Å². The van der Waals surface area contributed by atoms with Gasteiger partial charge < -0.3 is 15.8 Å². The van der Waals surface area contributed by atoms with Crippen LogP contribution >= 0.6 is 11.6 Å². The fourth-order valence-electron chi connectivity index (χ4n) is 2.51. The van der Waals surface area contributed by atoms with Crippen LogP contribution in [0.25, 0.3) is 0 Å². The van der Waals surface area contributed by atoms with E-state index in [-0.39, 0.29) is 13.0 Å². The molecule has 138 valence electrons. The van der Waals surface area contributed by atoms with Gasteiger partial charge in [0.1, 0.15) is 6.61 Å². The molecule has 2 aromatic carbocycles. The summed E-state index contributed by atoms with van der Waals surface area (Å²) in [6.45, 7) is 4.43. The number of carbonyl (C=O) groups is 2. The third-order valence-electron chi connectivity index (χ3n) is 4.01. The van der Waals surface area contributed by atoms with E-state index in [1.807, 2.05) is 24.3 Å². The van der Waals surface area contributed by atoms with Gasteiger partial charge in [-0.25, -0.2) is 4.79 Å². The lowest BCUT2D eigenvalue weighted by molar-refractivity contribution is -0.145. The zero-order valence-electron chi connectivity index (χ0n) is 14.9. The van der Waals surface area contributed by atoms with Crippen LogP contribution in [0.2, 0.25) is 5.02 Å². The van der Waals surface area contributed by atoms with E-state index in [9.17, 15) is 9.59 Å². The Morgan fingerprint density at radius 2 is 1.62 bits per heavy atom. The maximum absolute atomic E-state index is 12.2. The van der Waals surface area contributed by atoms with Crippen molar-refractivity contribution in [1.29, 1.82) is 0 Å². The molecule has 0 aromatic heterocycles. The van der Waals surface area contributed by atoms with Gasteiger partial charge in [-0.1, -0.05) is 61.8 Å². The summed E-state index contributed by atoms with van der Waals surface area (Å²) in [4.78, 5) is 23.4. The smallest absolute Gasteiger partial charge is 0.312 e. The average Bonchev–Trinajstić information content (AvgIpc) is 2.60. The second kappa shape index (κ2) is 9.25. The Kier molecular flexibility index (Phi) is 7.04. The molecule has 0 unspecified atom stereocenters. The molecule has 1 atom stereocenters. The second-order valence-corrected chi connectivity index (χ2v) is 6.81. The van der Waals surface area contributed by atoms with Crippen LogP contribution in [-0.4, -0.2) is 12.0 Å². The molecule has 2 rings (SSSR count). The molecule has 0 radical (unpaired) electrons. The van der Waals surface area contributed by atoms with Crippen LogP contribution in [0.15, 0.2) is 48.5 Å². The molecule has 0 saturated carbocycles. The van der Waals surface area contributed by atoms with E-state index < -0.39 is 18.0 Å². The van der Waals surface area contributed by atoms with Crippen LogP contribution in [0.3, 0.4) is 0 Å². The zero-order chi connectivity index (χ0) is 19.1. The monoisotopic (exact) mass is 374 g/mol. The van der Waals surface area contributed by atoms with Gasteiger partial charge in [0.15, 0.2) is 0 Å². The van der Waals surface area contributed by atoms with Gasteiger partial charge >= 0.3 is 12.0 Å². The Hall–Kier alpha value is -2.53. The minimum Gasteiger partial charge on any atom is -0.461 e. The quantitative estimate of drug-likeness (QED) is 0.708. The van der Waals surface area contributed by atoms with E-state index in [0.29, 0.717) is 10.9 Å². The summed E-state index contributed by atoms with van der Waals surface area (Å²) in [7, 11) is 0. The van der Waals surface area contributed by atoms with Crippen molar-refractivity contribution >= 4 is 23.6 Å². The van der Waals surface area contributed by atoms with Crippen molar-refractivity contribution in [3.63, 3.8) is 0 Å². The Labute approximate surface area is 158 Å². The van der Waals surface area contributed by atoms with Crippen molar-refractivity contribution in [2.24, 2.45) is 5.73 Å².